The Kier molecular flexibility index (Phi) is 5.25. The summed E-state index contributed by atoms with van der Waals surface area (Å²) in [4.78, 5) is 23.8. The fourth-order valence-electron chi connectivity index (χ4n) is 3.72. The van der Waals surface area contributed by atoms with Crippen LogP contribution in [0.2, 0.25) is 0 Å². The van der Waals surface area contributed by atoms with Crippen molar-refractivity contribution < 1.29 is 23.5 Å². The van der Waals surface area contributed by atoms with Gasteiger partial charge in [0.1, 0.15) is 11.3 Å². The number of esters is 1. The summed E-state index contributed by atoms with van der Waals surface area (Å²) in [6.45, 7) is 1.72. The molecule has 0 aliphatic heterocycles. The van der Waals surface area contributed by atoms with Gasteiger partial charge in [-0.3, -0.25) is 4.79 Å². The molecule has 1 aromatic heterocycles. The molecule has 29 heavy (non-hydrogen) atoms. The Bertz CT molecular complexity index is 1080. The largest absolute Gasteiger partial charge is 0.482 e. The summed E-state index contributed by atoms with van der Waals surface area (Å²) in [6, 6.07) is 9.52. The van der Waals surface area contributed by atoms with E-state index in [1.165, 1.54) is 24.7 Å². The Morgan fingerprint density at radius 3 is 2.69 bits per heavy atom. The van der Waals surface area contributed by atoms with Crippen molar-refractivity contribution in [1.82, 2.24) is 0 Å². The normalized spacial score (nSPS) is 12.6. The van der Waals surface area contributed by atoms with Gasteiger partial charge < -0.3 is 19.2 Å². The highest BCUT2D eigenvalue weighted by Gasteiger charge is 2.17. The van der Waals surface area contributed by atoms with Crippen LogP contribution < -0.4 is 10.1 Å². The molecule has 2 aromatic carbocycles. The molecule has 0 saturated carbocycles. The van der Waals surface area contributed by atoms with Crippen molar-refractivity contribution in [3.8, 4) is 5.75 Å². The lowest BCUT2D eigenvalue weighted by Gasteiger charge is -2.11. The number of ether oxygens (including phenoxy) is 2. The van der Waals surface area contributed by atoms with Crippen LogP contribution in [-0.2, 0) is 33.6 Å². The van der Waals surface area contributed by atoms with Crippen molar-refractivity contribution >= 4 is 28.5 Å². The van der Waals surface area contributed by atoms with Crippen molar-refractivity contribution in [2.45, 2.75) is 32.6 Å². The van der Waals surface area contributed by atoms with E-state index in [2.05, 4.69) is 22.2 Å². The average molecular weight is 393 g/mol. The molecule has 3 aromatic rings. The number of amides is 1. The van der Waals surface area contributed by atoms with E-state index in [0.29, 0.717) is 11.4 Å². The van der Waals surface area contributed by atoms with Crippen molar-refractivity contribution in [2.24, 2.45) is 0 Å². The van der Waals surface area contributed by atoms with Gasteiger partial charge in [0.15, 0.2) is 6.61 Å². The Morgan fingerprint density at radius 1 is 1.14 bits per heavy atom. The first-order chi connectivity index (χ1) is 14.0. The Labute approximate surface area is 168 Å². The van der Waals surface area contributed by atoms with Crippen LogP contribution in [0.25, 0.3) is 11.0 Å². The standard InChI is InChI=1S/C23H23NO5/c1-14-8-18(28-13-23(26)27-2)6-7-20(14)24-22(25)11-17-12-29-21-10-16-5-3-4-15(16)9-19(17)21/h6-10,12H,3-5,11,13H2,1-2H3,(H,24,25). The van der Waals surface area contributed by atoms with Crippen molar-refractivity contribution in [1.29, 1.82) is 0 Å². The number of methoxy groups -OCH3 is 1. The number of anilines is 1. The second kappa shape index (κ2) is 7.99. The molecule has 0 fully saturated rings. The Balaban J connectivity index is 1.43. The molecule has 0 bridgehead atoms. The monoisotopic (exact) mass is 393 g/mol. The molecule has 150 valence electrons. The molecule has 6 heteroatoms. The fourth-order valence-corrected chi connectivity index (χ4v) is 3.72. The van der Waals surface area contributed by atoms with E-state index in [1.807, 2.05) is 6.92 Å². The number of carbonyl (C=O) groups is 2. The Morgan fingerprint density at radius 2 is 1.93 bits per heavy atom. The molecule has 1 aliphatic rings. The predicted octanol–water partition coefficient (Wildman–Crippen LogP) is 3.96. The van der Waals surface area contributed by atoms with E-state index in [9.17, 15) is 9.59 Å². The van der Waals surface area contributed by atoms with Crippen LogP contribution in [0, 0.1) is 6.92 Å². The van der Waals surface area contributed by atoms with Crippen LogP contribution in [-0.4, -0.2) is 25.6 Å². The van der Waals surface area contributed by atoms with E-state index in [-0.39, 0.29) is 18.9 Å². The van der Waals surface area contributed by atoms with E-state index in [1.54, 1.807) is 24.5 Å². The highest BCUT2D eigenvalue weighted by molar-refractivity contribution is 5.96. The quantitative estimate of drug-likeness (QED) is 0.642. The maximum Gasteiger partial charge on any atom is 0.343 e. The molecule has 0 spiro atoms. The molecule has 1 N–H and O–H groups in total. The maximum absolute atomic E-state index is 12.6. The summed E-state index contributed by atoms with van der Waals surface area (Å²) in [5.74, 6) is -0.0156. The fraction of sp³-hybridized carbons (Fsp3) is 0.304. The first-order valence-electron chi connectivity index (χ1n) is 9.65. The lowest BCUT2D eigenvalue weighted by atomic mass is 10.0. The van der Waals surface area contributed by atoms with Crippen LogP contribution in [0.15, 0.2) is 41.0 Å². The summed E-state index contributed by atoms with van der Waals surface area (Å²) in [5.41, 5.74) is 6.00. The number of aryl methyl sites for hydroxylation is 3. The van der Waals surface area contributed by atoms with Gasteiger partial charge in [-0.15, -0.1) is 0 Å². The molecule has 0 radical (unpaired) electrons. The second-order valence-corrected chi connectivity index (χ2v) is 7.30. The van der Waals surface area contributed by atoms with Crippen LogP contribution in [0.5, 0.6) is 5.75 Å². The maximum atomic E-state index is 12.6. The van der Waals surface area contributed by atoms with Crippen molar-refractivity contribution in [3.63, 3.8) is 0 Å². The van der Waals surface area contributed by atoms with Crippen LogP contribution in [0.4, 0.5) is 5.69 Å². The van der Waals surface area contributed by atoms with Gasteiger partial charge in [-0.1, -0.05) is 0 Å². The molecule has 4 rings (SSSR count). The van der Waals surface area contributed by atoms with E-state index in [4.69, 9.17) is 9.15 Å². The zero-order chi connectivity index (χ0) is 20.4. The molecule has 0 atom stereocenters. The van der Waals surface area contributed by atoms with Crippen molar-refractivity contribution in [2.75, 3.05) is 19.0 Å². The van der Waals surface area contributed by atoms with Gasteiger partial charge >= 0.3 is 5.97 Å². The molecule has 0 unspecified atom stereocenters. The molecule has 1 amide bonds. The van der Waals surface area contributed by atoms with Gasteiger partial charge in [-0.05, 0) is 73.2 Å². The minimum atomic E-state index is -0.446. The third-order valence-corrected chi connectivity index (χ3v) is 5.28. The summed E-state index contributed by atoms with van der Waals surface area (Å²) >= 11 is 0. The van der Waals surface area contributed by atoms with Gasteiger partial charge in [0.25, 0.3) is 0 Å². The van der Waals surface area contributed by atoms with Crippen LogP contribution in [0.3, 0.4) is 0 Å². The predicted molar refractivity (Wildman–Crippen MR) is 109 cm³/mol. The number of nitrogens with one attached hydrogen (secondary N) is 1. The third-order valence-electron chi connectivity index (χ3n) is 5.28. The lowest BCUT2D eigenvalue weighted by Crippen LogP contribution is -2.15. The lowest BCUT2D eigenvalue weighted by molar-refractivity contribution is -0.142. The second-order valence-electron chi connectivity index (χ2n) is 7.30. The van der Waals surface area contributed by atoms with E-state index < -0.39 is 5.97 Å². The highest BCUT2D eigenvalue weighted by Crippen LogP contribution is 2.31. The first-order valence-corrected chi connectivity index (χ1v) is 9.65. The average Bonchev–Trinajstić information content (AvgIpc) is 3.32. The van der Waals surface area contributed by atoms with Gasteiger partial charge in [0, 0.05) is 16.6 Å². The zero-order valence-electron chi connectivity index (χ0n) is 16.5. The number of hydrogen-bond donors (Lipinski definition) is 1. The van der Waals surface area contributed by atoms with Gasteiger partial charge in [-0.25, -0.2) is 4.79 Å². The molecular weight excluding hydrogens is 370 g/mol. The van der Waals surface area contributed by atoms with Gasteiger partial charge in [-0.2, -0.15) is 0 Å². The smallest absolute Gasteiger partial charge is 0.343 e. The number of fused-ring (bicyclic) bond motifs is 2. The van der Waals surface area contributed by atoms with Crippen LogP contribution >= 0.6 is 0 Å². The SMILES string of the molecule is COC(=O)COc1ccc(NC(=O)Cc2coc3cc4c(cc23)CCC4)c(C)c1. The zero-order valence-corrected chi connectivity index (χ0v) is 16.5. The highest BCUT2D eigenvalue weighted by atomic mass is 16.6. The topological polar surface area (TPSA) is 77.8 Å². The minimum absolute atomic E-state index is 0.112. The number of rotatable bonds is 6. The van der Waals surface area contributed by atoms with Gasteiger partial charge in [0.05, 0.1) is 19.8 Å². The van der Waals surface area contributed by atoms with Crippen LogP contribution in [0.1, 0.15) is 28.7 Å². The Hall–Kier alpha value is -3.28. The van der Waals surface area contributed by atoms with Gasteiger partial charge in [0.2, 0.25) is 5.91 Å². The number of benzene rings is 2. The third kappa shape index (κ3) is 4.11. The first kappa shape index (κ1) is 19.1. The molecular formula is C23H23NO5. The minimum Gasteiger partial charge on any atom is -0.482 e. The molecule has 6 nitrogen and oxygen atoms in total. The number of hydrogen-bond acceptors (Lipinski definition) is 5. The summed E-state index contributed by atoms with van der Waals surface area (Å²) in [5, 5.41) is 3.96. The van der Waals surface area contributed by atoms with E-state index in [0.717, 1.165) is 34.9 Å². The summed E-state index contributed by atoms with van der Waals surface area (Å²) in [6.07, 6.45) is 5.28. The van der Waals surface area contributed by atoms with E-state index >= 15 is 0 Å². The summed E-state index contributed by atoms with van der Waals surface area (Å²) < 4.78 is 15.6. The summed E-state index contributed by atoms with van der Waals surface area (Å²) in [7, 11) is 1.31. The number of furan rings is 1. The molecule has 1 aliphatic carbocycles. The number of carbonyl (C=O) groups excluding carboxylic acids is 2. The molecule has 0 saturated heterocycles. The molecule has 1 heterocycles. The van der Waals surface area contributed by atoms with Crippen molar-refractivity contribution in [3.05, 3.63) is 58.8 Å².